The van der Waals surface area contributed by atoms with Gasteiger partial charge in [-0.25, -0.2) is 4.79 Å². The predicted molar refractivity (Wildman–Crippen MR) is 68.7 cm³/mol. The molecule has 1 N–H and O–H groups in total. The number of carbonyl (C=O) groups is 1. The van der Waals surface area contributed by atoms with Crippen LogP contribution in [-0.4, -0.2) is 36.7 Å². The standard InChI is InChI=1S/C12H21NO2S/c1-3-15-12(14)10(2)8-13-9-11-6-4-5-7-16-11/h11,13H,2-9H2,1H3. The first-order chi connectivity index (χ1) is 7.74. The van der Waals surface area contributed by atoms with E-state index in [-0.39, 0.29) is 5.97 Å². The second kappa shape index (κ2) is 7.74. The van der Waals surface area contributed by atoms with Gasteiger partial charge in [0.15, 0.2) is 0 Å². The number of hydrogen-bond donors (Lipinski definition) is 1. The van der Waals surface area contributed by atoms with Gasteiger partial charge >= 0.3 is 5.97 Å². The molecule has 16 heavy (non-hydrogen) atoms. The molecule has 0 aromatic rings. The van der Waals surface area contributed by atoms with Crippen molar-refractivity contribution < 1.29 is 9.53 Å². The Morgan fingerprint density at radius 3 is 3.00 bits per heavy atom. The van der Waals surface area contributed by atoms with Crippen LogP contribution in [0.4, 0.5) is 0 Å². The van der Waals surface area contributed by atoms with Gasteiger partial charge in [-0.1, -0.05) is 13.0 Å². The molecule has 1 aliphatic rings. The van der Waals surface area contributed by atoms with Gasteiger partial charge in [-0.3, -0.25) is 0 Å². The Balaban J connectivity index is 2.09. The highest BCUT2D eigenvalue weighted by Gasteiger charge is 2.14. The molecule has 3 nitrogen and oxygen atoms in total. The molecule has 1 heterocycles. The van der Waals surface area contributed by atoms with Crippen LogP contribution in [-0.2, 0) is 9.53 Å². The van der Waals surface area contributed by atoms with E-state index >= 15 is 0 Å². The largest absolute Gasteiger partial charge is 0.463 e. The molecule has 0 aromatic carbocycles. The van der Waals surface area contributed by atoms with E-state index in [1.165, 1.54) is 25.0 Å². The van der Waals surface area contributed by atoms with Gasteiger partial charge in [-0.05, 0) is 25.5 Å². The predicted octanol–water partition coefficient (Wildman–Crippen LogP) is 1.98. The number of ether oxygens (including phenoxy) is 1. The number of carbonyl (C=O) groups excluding carboxylic acids is 1. The molecular formula is C12H21NO2S. The summed E-state index contributed by atoms with van der Waals surface area (Å²) in [5.74, 6) is 0.983. The summed E-state index contributed by atoms with van der Waals surface area (Å²) < 4.78 is 4.86. The van der Waals surface area contributed by atoms with Crippen LogP contribution in [0.1, 0.15) is 26.2 Å². The summed E-state index contributed by atoms with van der Waals surface area (Å²) in [5.41, 5.74) is 0.516. The van der Waals surface area contributed by atoms with Gasteiger partial charge in [-0.15, -0.1) is 0 Å². The zero-order valence-electron chi connectivity index (χ0n) is 9.96. The van der Waals surface area contributed by atoms with Gasteiger partial charge in [-0.2, -0.15) is 11.8 Å². The van der Waals surface area contributed by atoms with Crippen molar-refractivity contribution in [3.63, 3.8) is 0 Å². The Morgan fingerprint density at radius 1 is 1.56 bits per heavy atom. The normalized spacial score (nSPS) is 20.4. The lowest BCUT2D eigenvalue weighted by Gasteiger charge is -2.21. The fraction of sp³-hybridized carbons (Fsp3) is 0.750. The van der Waals surface area contributed by atoms with Crippen LogP contribution in [0.15, 0.2) is 12.2 Å². The summed E-state index contributed by atoms with van der Waals surface area (Å²) >= 11 is 2.03. The molecule has 0 bridgehead atoms. The second-order valence-corrected chi connectivity index (χ2v) is 5.35. The van der Waals surface area contributed by atoms with E-state index in [4.69, 9.17) is 4.74 Å². The highest BCUT2D eigenvalue weighted by molar-refractivity contribution is 7.99. The second-order valence-electron chi connectivity index (χ2n) is 3.94. The van der Waals surface area contributed by atoms with E-state index in [2.05, 4.69) is 11.9 Å². The average Bonchev–Trinajstić information content (AvgIpc) is 2.30. The molecule has 0 saturated carbocycles. The molecule has 0 aromatic heterocycles. The minimum absolute atomic E-state index is 0.286. The highest BCUT2D eigenvalue weighted by Crippen LogP contribution is 2.24. The Kier molecular flexibility index (Phi) is 6.57. The third kappa shape index (κ3) is 5.03. The first kappa shape index (κ1) is 13.6. The maximum atomic E-state index is 11.3. The summed E-state index contributed by atoms with van der Waals surface area (Å²) in [4.78, 5) is 11.3. The molecule has 1 aliphatic heterocycles. The summed E-state index contributed by atoms with van der Waals surface area (Å²) in [6, 6.07) is 0. The lowest BCUT2D eigenvalue weighted by Crippen LogP contribution is -2.29. The molecule has 0 amide bonds. The van der Waals surface area contributed by atoms with Crippen molar-refractivity contribution in [2.45, 2.75) is 31.4 Å². The Hall–Kier alpha value is -0.480. The first-order valence-corrected chi connectivity index (χ1v) is 6.96. The number of rotatable bonds is 6. The third-order valence-electron chi connectivity index (χ3n) is 2.55. The van der Waals surface area contributed by atoms with Crippen molar-refractivity contribution in [1.82, 2.24) is 5.32 Å². The smallest absolute Gasteiger partial charge is 0.334 e. The number of esters is 1. The molecule has 1 saturated heterocycles. The van der Waals surface area contributed by atoms with Gasteiger partial charge in [0.05, 0.1) is 6.61 Å². The fourth-order valence-electron chi connectivity index (χ4n) is 1.66. The number of nitrogens with one attached hydrogen (secondary N) is 1. The van der Waals surface area contributed by atoms with Crippen LogP contribution in [0.5, 0.6) is 0 Å². The van der Waals surface area contributed by atoms with Gasteiger partial charge in [0, 0.05) is 23.9 Å². The van der Waals surface area contributed by atoms with Crippen LogP contribution in [0.25, 0.3) is 0 Å². The van der Waals surface area contributed by atoms with Gasteiger partial charge in [0.2, 0.25) is 0 Å². The zero-order valence-corrected chi connectivity index (χ0v) is 10.8. The van der Waals surface area contributed by atoms with E-state index < -0.39 is 0 Å². The van der Waals surface area contributed by atoms with Crippen molar-refractivity contribution in [3.05, 3.63) is 12.2 Å². The molecule has 1 fully saturated rings. The molecule has 92 valence electrons. The Morgan fingerprint density at radius 2 is 2.38 bits per heavy atom. The summed E-state index contributed by atoms with van der Waals surface area (Å²) in [7, 11) is 0. The molecule has 1 unspecified atom stereocenters. The van der Waals surface area contributed by atoms with Crippen molar-refractivity contribution in [3.8, 4) is 0 Å². The zero-order chi connectivity index (χ0) is 11.8. The van der Waals surface area contributed by atoms with E-state index in [1.54, 1.807) is 6.92 Å². The molecule has 1 atom stereocenters. The minimum atomic E-state index is -0.286. The minimum Gasteiger partial charge on any atom is -0.463 e. The van der Waals surface area contributed by atoms with E-state index in [1.807, 2.05) is 11.8 Å². The molecule has 0 radical (unpaired) electrons. The fourth-order valence-corrected chi connectivity index (χ4v) is 2.93. The maximum Gasteiger partial charge on any atom is 0.334 e. The van der Waals surface area contributed by atoms with Crippen LogP contribution in [0.3, 0.4) is 0 Å². The van der Waals surface area contributed by atoms with Crippen molar-refractivity contribution in [1.29, 1.82) is 0 Å². The quantitative estimate of drug-likeness (QED) is 0.572. The Labute approximate surface area is 102 Å². The molecular weight excluding hydrogens is 222 g/mol. The molecule has 0 spiro atoms. The number of hydrogen-bond acceptors (Lipinski definition) is 4. The van der Waals surface area contributed by atoms with Crippen molar-refractivity contribution in [2.24, 2.45) is 0 Å². The topological polar surface area (TPSA) is 38.3 Å². The first-order valence-electron chi connectivity index (χ1n) is 5.91. The molecule has 1 rings (SSSR count). The van der Waals surface area contributed by atoms with Gasteiger partial charge in [0.25, 0.3) is 0 Å². The summed E-state index contributed by atoms with van der Waals surface area (Å²) in [6.07, 6.45) is 3.96. The Bertz CT molecular complexity index is 237. The third-order valence-corrected chi connectivity index (χ3v) is 3.95. The number of thioether (sulfide) groups is 1. The lowest BCUT2D eigenvalue weighted by atomic mass is 10.2. The van der Waals surface area contributed by atoms with E-state index in [0.717, 1.165) is 6.54 Å². The van der Waals surface area contributed by atoms with Crippen LogP contribution < -0.4 is 5.32 Å². The lowest BCUT2D eigenvalue weighted by molar-refractivity contribution is -0.138. The van der Waals surface area contributed by atoms with Gasteiger partial charge < -0.3 is 10.1 Å². The SMILES string of the molecule is C=C(CNCC1CCCCS1)C(=O)OCC. The van der Waals surface area contributed by atoms with E-state index in [9.17, 15) is 4.79 Å². The maximum absolute atomic E-state index is 11.3. The van der Waals surface area contributed by atoms with Crippen LogP contribution in [0, 0.1) is 0 Å². The monoisotopic (exact) mass is 243 g/mol. The molecule has 4 heteroatoms. The van der Waals surface area contributed by atoms with Crippen LogP contribution >= 0.6 is 11.8 Å². The van der Waals surface area contributed by atoms with Crippen molar-refractivity contribution in [2.75, 3.05) is 25.4 Å². The van der Waals surface area contributed by atoms with Crippen molar-refractivity contribution >= 4 is 17.7 Å². The summed E-state index contributed by atoms with van der Waals surface area (Å²) in [6.45, 7) is 7.43. The van der Waals surface area contributed by atoms with Gasteiger partial charge in [0.1, 0.15) is 0 Å². The average molecular weight is 243 g/mol. The summed E-state index contributed by atoms with van der Waals surface area (Å²) in [5, 5.41) is 3.97. The van der Waals surface area contributed by atoms with E-state index in [0.29, 0.717) is 24.0 Å². The molecule has 0 aliphatic carbocycles. The van der Waals surface area contributed by atoms with Crippen LogP contribution in [0.2, 0.25) is 0 Å². The highest BCUT2D eigenvalue weighted by atomic mass is 32.2.